The highest BCUT2D eigenvalue weighted by Crippen LogP contribution is 2.31. The summed E-state index contributed by atoms with van der Waals surface area (Å²) in [6, 6.07) is 10.1. The minimum absolute atomic E-state index is 0.00978. The van der Waals surface area contributed by atoms with Gasteiger partial charge in [-0.3, -0.25) is 4.98 Å². The number of urea groups is 1. The van der Waals surface area contributed by atoms with Crippen LogP contribution >= 0.6 is 0 Å². The Morgan fingerprint density at radius 2 is 2.04 bits per heavy atom. The zero-order valence-electron chi connectivity index (χ0n) is 13.6. The second-order valence-electron chi connectivity index (χ2n) is 5.78. The van der Waals surface area contributed by atoms with Crippen LogP contribution in [0.5, 0.6) is 5.75 Å². The Morgan fingerprint density at radius 3 is 2.80 bits per heavy atom. The van der Waals surface area contributed by atoms with Crippen molar-refractivity contribution in [2.24, 2.45) is 0 Å². The first-order chi connectivity index (χ1) is 12.1. The van der Waals surface area contributed by atoms with Gasteiger partial charge in [-0.1, -0.05) is 18.2 Å². The summed E-state index contributed by atoms with van der Waals surface area (Å²) < 4.78 is 29.4. The molecule has 1 aliphatic heterocycles. The van der Waals surface area contributed by atoms with Gasteiger partial charge in [0.05, 0.1) is 6.04 Å². The number of benzene rings is 1. The number of nitrogens with zero attached hydrogens (tertiary/aromatic N) is 2. The van der Waals surface area contributed by atoms with E-state index in [0.29, 0.717) is 12.1 Å². The maximum Gasteiger partial charge on any atom is 0.387 e. The zero-order valence-corrected chi connectivity index (χ0v) is 13.6. The summed E-state index contributed by atoms with van der Waals surface area (Å²) in [5, 5.41) is 2.80. The summed E-state index contributed by atoms with van der Waals surface area (Å²) in [5.41, 5.74) is 1.56. The van der Waals surface area contributed by atoms with Gasteiger partial charge in [0.15, 0.2) is 0 Å². The molecule has 1 aliphatic rings. The lowest BCUT2D eigenvalue weighted by Gasteiger charge is -2.25. The van der Waals surface area contributed by atoms with Crippen LogP contribution in [0.1, 0.15) is 30.0 Å². The SMILES string of the molecule is O=C(NCc1ccccc1OC(F)F)N1CCCC1c1ccncc1. The maximum absolute atomic E-state index is 12.5. The first-order valence-electron chi connectivity index (χ1n) is 8.12. The van der Waals surface area contributed by atoms with E-state index in [0.717, 1.165) is 18.4 Å². The molecule has 1 saturated heterocycles. The first-order valence-corrected chi connectivity index (χ1v) is 8.12. The Kier molecular flexibility index (Phi) is 5.42. The van der Waals surface area contributed by atoms with Gasteiger partial charge in [-0.2, -0.15) is 8.78 Å². The minimum atomic E-state index is -2.90. The number of likely N-dealkylation sites (tertiary alicyclic amines) is 1. The molecule has 2 amide bonds. The number of hydrogen-bond donors (Lipinski definition) is 1. The van der Waals surface area contributed by atoms with E-state index in [4.69, 9.17) is 0 Å². The third-order valence-electron chi connectivity index (χ3n) is 4.22. The normalized spacial score (nSPS) is 16.9. The molecule has 1 aromatic heterocycles. The van der Waals surface area contributed by atoms with Crippen molar-refractivity contribution >= 4 is 6.03 Å². The largest absolute Gasteiger partial charge is 0.434 e. The highest BCUT2D eigenvalue weighted by Gasteiger charge is 2.29. The van der Waals surface area contributed by atoms with Gasteiger partial charge >= 0.3 is 12.6 Å². The number of carbonyl (C=O) groups is 1. The molecule has 0 aliphatic carbocycles. The summed E-state index contributed by atoms with van der Waals surface area (Å²) in [4.78, 5) is 18.3. The number of alkyl halides is 2. The van der Waals surface area contributed by atoms with E-state index in [2.05, 4.69) is 15.0 Å². The van der Waals surface area contributed by atoms with Crippen molar-refractivity contribution in [3.63, 3.8) is 0 Å². The standard InChI is InChI=1S/C18H19F2N3O2/c19-17(20)25-16-6-2-1-4-14(16)12-22-18(24)23-11-3-5-15(23)13-7-9-21-10-8-13/h1-2,4,6-10,15,17H,3,5,11-12H2,(H,22,24). The molecular formula is C18H19F2N3O2. The Bertz CT molecular complexity index is 712. The summed E-state index contributed by atoms with van der Waals surface area (Å²) >= 11 is 0. The number of nitrogens with one attached hydrogen (secondary N) is 1. The van der Waals surface area contributed by atoms with Crippen molar-refractivity contribution in [3.8, 4) is 5.75 Å². The summed E-state index contributed by atoms with van der Waals surface area (Å²) in [6.07, 6.45) is 5.23. The molecule has 1 atom stereocenters. The van der Waals surface area contributed by atoms with E-state index in [1.807, 2.05) is 12.1 Å². The fraction of sp³-hybridized carbons (Fsp3) is 0.333. The van der Waals surface area contributed by atoms with Gasteiger partial charge < -0.3 is 15.0 Å². The minimum Gasteiger partial charge on any atom is -0.434 e. The van der Waals surface area contributed by atoms with Crippen LogP contribution in [0.2, 0.25) is 0 Å². The van der Waals surface area contributed by atoms with E-state index in [1.54, 1.807) is 35.5 Å². The summed E-state index contributed by atoms with van der Waals surface area (Å²) in [7, 11) is 0. The smallest absolute Gasteiger partial charge is 0.387 e. The van der Waals surface area contributed by atoms with Gasteiger partial charge in [-0.05, 0) is 36.6 Å². The van der Waals surface area contributed by atoms with Crippen molar-refractivity contribution < 1.29 is 18.3 Å². The van der Waals surface area contributed by atoms with Crippen LogP contribution in [0.15, 0.2) is 48.8 Å². The second kappa shape index (κ2) is 7.92. The van der Waals surface area contributed by atoms with Crippen LogP contribution in [0, 0.1) is 0 Å². The van der Waals surface area contributed by atoms with Gasteiger partial charge in [0.25, 0.3) is 0 Å². The monoisotopic (exact) mass is 347 g/mol. The lowest BCUT2D eigenvalue weighted by atomic mass is 10.1. The molecule has 0 saturated carbocycles. The average molecular weight is 347 g/mol. The Labute approximate surface area is 144 Å². The molecule has 132 valence electrons. The van der Waals surface area contributed by atoms with Gasteiger partial charge in [-0.25, -0.2) is 4.79 Å². The number of rotatable bonds is 5. The molecule has 1 aromatic carbocycles. The highest BCUT2D eigenvalue weighted by atomic mass is 19.3. The fourth-order valence-corrected chi connectivity index (χ4v) is 3.08. The van der Waals surface area contributed by atoms with Gasteiger partial charge in [0.1, 0.15) is 5.75 Å². The molecule has 1 fully saturated rings. The number of ether oxygens (including phenoxy) is 1. The molecule has 7 heteroatoms. The molecule has 1 unspecified atom stereocenters. The third-order valence-corrected chi connectivity index (χ3v) is 4.22. The van der Waals surface area contributed by atoms with Crippen molar-refractivity contribution in [3.05, 3.63) is 59.9 Å². The molecule has 5 nitrogen and oxygen atoms in total. The van der Waals surface area contributed by atoms with E-state index in [9.17, 15) is 13.6 Å². The number of amides is 2. The molecule has 2 heterocycles. The van der Waals surface area contributed by atoms with Crippen LogP contribution in [-0.4, -0.2) is 29.1 Å². The average Bonchev–Trinajstić information content (AvgIpc) is 3.11. The lowest BCUT2D eigenvalue weighted by Crippen LogP contribution is -2.39. The van der Waals surface area contributed by atoms with Crippen LogP contribution in [-0.2, 0) is 6.54 Å². The number of carbonyl (C=O) groups excluding carboxylic acids is 1. The van der Waals surface area contributed by atoms with Crippen molar-refractivity contribution in [1.29, 1.82) is 0 Å². The van der Waals surface area contributed by atoms with Crippen molar-refractivity contribution in [1.82, 2.24) is 15.2 Å². The number of pyridine rings is 1. The Hall–Kier alpha value is -2.70. The van der Waals surface area contributed by atoms with Crippen LogP contribution in [0.4, 0.5) is 13.6 Å². The van der Waals surface area contributed by atoms with Crippen molar-refractivity contribution in [2.75, 3.05) is 6.54 Å². The highest BCUT2D eigenvalue weighted by molar-refractivity contribution is 5.75. The van der Waals surface area contributed by atoms with Gasteiger partial charge in [-0.15, -0.1) is 0 Å². The van der Waals surface area contributed by atoms with E-state index in [1.165, 1.54) is 6.07 Å². The third kappa shape index (κ3) is 4.23. The Morgan fingerprint density at radius 1 is 1.28 bits per heavy atom. The summed E-state index contributed by atoms with van der Waals surface area (Å²) in [6.45, 7) is -2.11. The predicted octanol–water partition coefficient (Wildman–Crippen LogP) is 3.73. The van der Waals surface area contributed by atoms with Crippen LogP contribution < -0.4 is 10.1 Å². The molecule has 0 radical (unpaired) electrons. The van der Waals surface area contributed by atoms with Crippen LogP contribution in [0.3, 0.4) is 0 Å². The number of aromatic nitrogens is 1. The van der Waals surface area contributed by atoms with Gasteiger partial charge in [0, 0.05) is 31.0 Å². The molecule has 2 aromatic rings. The van der Waals surface area contributed by atoms with Crippen molar-refractivity contribution in [2.45, 2.75) is 32.0 Å². The predicted molar refractivity (Wildman–Crippen MR) is 88.2 cm³/mol. The molecule has 0 spiro atoms. The molecule has 1 N–H and O–H groups in total. The quantitative estimate of drug-likeness (QED) is 0.897. The zero-order chi connectivity index (χ0) is 17.6. The van der Waals surface area contributed by atoms with Gasteiger partial charge in [0.2, 0.25) is 0 Å². The molecule has 25 heavy (non-hydrogen) atoms. The van der Waals surface area contributed by atoms with E-state index < -0.39 is 6.61 Å². The lowest BCUT2D eigenvalue weighted by molar-refractivity contribution is -0.0504. The maximum atomic E-state index is 12.5. The topological polar surface area (TPSA) is 54.5 Å². The number of hydrogen-bond acceptors (Lipinski definition) is 3. The first kappa shape index (κ1) is 17.1. The number of para-hydroxylation sites is 1. The number of halogens is 2. The second-order valence-corrected chi connectivity index (χ2v) is 5.78. The fourth-order valence-electron chi connectivity index (χ4n) is 3.08. The van der Waals surface area contributed by atoms with E-state index in [-0.39, 0.29) is 24.4 Å². The van der Waals surface area contributed by atoms with Crippen LogP contribution in [0.25, 0.3) is 0 Å². The molecular weight excluding hydrogens is 328 g/mol. The Balaban J connectivity index is 1.65. The summed E-state index contributed by atoms with van der Waals surface area (Å²) in [5.74, 6) is 0.0740. The molecule has 3 rings (SSSR count). The molecule has 0 bridgehead atoms. The van der Waals surface area contributed by atoms with E-state index >= 15 is 0 Å².